The standard InChI is InChI=1S/C22H15Cl2N5O4/c23-11-6-12(24)8-13(7-11)26-22-28-19-18(21(31)29-22)17(14(9-25)20(30)27-19)10-1-2-15-16(5-10)33-4-3-32-15/h1-2,5-8,14,17H,3-4H2,(H3,26,27,28,29,30,31). The molecule has 33 heavy (non-hydrogen) atoms. The molecule has 0 saturated heterocycles. The molecule has 5 rings (SSSR count). The zero-order chi connectivity index (χ0) is 23.1. The van der Waals surface area contributed by atoms with Crippen molar-refractivity contribution in [1.29, 1.82) is 5.26 Å². The van der Waals surface area contributed by atoms with E-state index in [4.69, 9.17) is 32.7 Å². The molecule has 0 aliphatic carbocycles. The summed E-state index contributed by atoms with van der Waals surface area (Å²) < 4.78 is 11.2. The van der Waals surface area contributed by atoms with Crippen molar-refractivity contribution in [3.63, 3.8) is 0 Å². The van der Waals surface area contributed by atoms with Gasteiger partial charge in [-0.25, -0.2) is 0 Å². The van der Waals surface area contributed by atoms with Crippen LogP contribution in [0.1, 0.15) is 17.0 Å². The van der Waals surface area contributed by atoms with Gasteiger partial charge in [0.2, 0.25) is 11.9 Å². The number of benzene rings is 2. The van der Waals surface area contributed by atoms with Crippen LogP contribution in [0.3, 0.4) is 0 Å². The Hall–Kier alpha value is -3.74. The minimum atomic E-state index is -1.13. The summed E-state index contributed by atoms with van der Waals surface area (Å²) in [6, 6.07) is 11.9. The van der Waals surface area contributed by atoms with E-state index in [-0.39, 0.29) is 17.3 Å². The number of nitriles is 1. The van der Waals surface area contributed by atoms with Crippen LogP contribution >= 0.6 is 23.2 Å². The lowest BCUT2D eigenvalue weighted by molar-refractivity contribution is -0.119. The smallest absolute Gasteiger partial charge is 0.258 e. The second-order valence-electron chi connectivity index (χ2n) is 7.44. The lowest BCUT2D eigenvalue weighted by atomic mass is 9.79. The predicted molar refractivity (Wildman–Crippen MR) is 122 cm³/mol. The lowest BCUT2D eigenvalue weighted by Crippen LogP contribution is -2.38. The molecule has 0 bridgehead atoms. The molecule has 11 heteroatoms. The molecule has 2 atom stereocenters. The van der Waals surface area contributed by atoms with Crippen LogP contribution in [0.25, 0.3) is 0 Å². The van der Waals surface area contributed by atoms with E-state index >= 15 is 0 Å². The first-order valence-corrected chi connectivity index (χ1v) is 10.7. The van der Waals surface area contributed by atoms with Crippen LogP contribution in [0.15, 0.2) is 41.2 Å². The third-order valence-corrected chi connectivity index (χ3v) is 5.75. The first kappa shape index (κ1) is 21.1. The minimum absolute atomic E-state index is 0.0609. The van der Waals surface area contributed by atoms with Gasteiger partial charge in [-0.15, -0.1) is 0 Å². The number of halogens is 2. The third-order valence-electron chi connectivity index (χ3n) is 5.31. The Bertz CT molecular complexity index is 1360. The Morgan fingerprint density at radius 1 is 1.06 bits per heavy atom. The highest BCUT2D eigenvalue weighted by molar-refractivity contribution is 6.35. The van der Waals surface area contributed by atoms with Gasteiger partial charge in [-0.05, 0) is 35.9 Å². The van der Waals surface area contributed by atoms with Crippen LogP contribution in [0, 0.1) is 17.2 Å². The van der Waals surface area contributed by atoms with Gasteiger partial charge in [0.1, 0.15) is 24.9 Å². The van der Waals surface area contributed by atoms with E-state index in [1.165, 1.54) is 0 Å². The van der Waals surface area contributed by atoms with Crippen molar-refractivity contribution in [2.24, 2.45) is 5.92 Å². The summed E-state index contributed by atoms with van der Waals surface area (Å²) in [5, 5.41) is 16.0. The highest BCUT2D eigenvalue weighted by Crippen LogP contribution is 2.41. The van der Waals surface area contributed by atoms with Crippen molar-refractivity contribution in [3.05, 3.63) is 67.9 Å². The fraction of sp³-hybridized carbons (Fsp3) is 0.182. The average molecular weight is 484 g/mol. The first-order chi connectivity index (χ1) is 15.9. The number of H-pyrrole nitrogens is 1. The molecule has 0 saturated carbocycles. The minimum Gasteiger partial charge on any atom is -0.486 e. The molecule has 0 fully saturated rings. The van der Waals surface area contributed by atoms with Crippen molar-refractivity contribution in [2.75, 3.05) is 23.8 Å². The monoisotopic (exact) mass is 483 g/mol. The summed E-state index contributed by atoms with van der Waals surface area (Å²) in [6.45, 7) is 0.809. The Kier molecular flexibility index (Phi) is 5.32. The van der Waals surface area contributed by atoms with Crippen molar-refractivity contribution in [2.45, 2.75) is 5.92 Å². The maximum atomic E-state index is 13.1. The Balaban J connectivity index is 1.59. The quantitative estimate of drug-likeness (QED) is 0.516. The van der Waals surface area contributed by atoms with Gasteiger partial charge >= 0.3 is 0 Å². The molecule has 3 heterocycles. The van der Waals surface area contributed by atoms with Crippen LogP contribution in [0.4, 0.5) is 17.5 Å². The highest BCUT2D eigenvalue weighted by Gasteiger charge is 2.40. The molecule has 2 aromatic carbocycles. The normalized spacial score (nSPS) is 18.6. The third kappa shape index (κ3) is 3.95. The van der Waals surface area contributed by atoms with Crippen molar-refractivity contribution >= 4 is 46.6 Å². The number of aromatic amines is 1. The van der Waals surface area contributed by atoms with Gasteiger partial charge in [0.25, 0.3) is 5.56 Å². The molecular formula is C22H15Cl2N5O4. The first-order valence-electron chi connectivity index (χ1n) is 9.90. The van der Waals surface area contributed by atoms with Gasteiger partial charge in [-0.3, -0.25) is 14.6 Å². The summed E-state index contributed by atoms with van der Waals surface area (Å²) in [7, 11) is 0. The molecule has 0 spiro atoms. The summed E-state index contributed by atoms with van der Waals surface area (Å²) in [5.74, 6) is -1.34. The van der Waals surface area contributed by atoms with E-state index < -0.39 is 23.3 Å². The zero-order valence-electron chi connectivity index (χ0n) is 16.8. The van der Waals surface area contributed by atoms with E-state index in [0.29, 0.717) is 46.0 Å². The lowest BCUT2D eigenvalue weighted by Gasteiger charge is -2.29. The van der Waals surface area contributed by atoms with Gasteiger partial charge in [-0.2, -0.15) is 10.2 Å². The number of nitrogens with one attached hydrogen (secondary N) is 3. The number of hydrogen-bond acceptors (Lipinski definition) is 7. The van der Waals surface area contributed by atoms with Crippen LogP contribution in [0.5, 0.6) is 11.5 Å². The molecule has 2 aliphatic heterocycles. The molecule has 2 unspecified atom stereocenters. The van der Waals surface area contributed by atoms with Crippen LogP contribution < -0.4 is 25.7 Å². The molecule has 1 amide bonds. The van der Waals surface area contributed by atoms with Gasteiger partial charge in [0.15, 0.2) is 11.5 Å². The number of nitrogens with zero attached hydrogens (tertiary/aromatic N) is 2. The Morgan fingerprint density at radius 2 is 1.79 bits per heavy atom. The van der Waals surface area contributed by atoms with E-state index in [2.05, 4.69) is 20.6 Å². The Morgan fingerprint density at radius 3 is 2.52 bits per heavy atom. The number of hydrogen-bond donors (Lipinski definition) is 3. The number of amides is 1. The summed E-state index contributed by atoms with van der Waals surface area (Å²) in [4.78, 5) is 32.9. The number of ether oxygens (including phenoxy) is 2. The number of aromatic nitrogens is 2. The van der Waals surface area contributed by atoms with E-state index in [1.807, 2.05) is 6.07 Å². The number of fused-ring (bicyclic) bond motifs is 2. The van der Waals surface area contributed by atoms with E-state index in [1.54, 1.807) is 36.4 Å². The number of anilines is 3. The molecule has 3 aromatic rings. The molecule has 1 aromatic heterocycles. The molecular weight excluding hydrogens is 469 g/mol. The fourth-order valence-corrected chi connectivity index (χ4v) is 4.47. The summed E-state index contributed by atoms with van der Waals surface area (Å²) in [6.07, 6.45) is 0. The second kappa shape index (κ2) is 8.31. The van der Waals surface area contributed by atoms with Gasteiger partial charge in [0, 0.05) is 21.7 Å². The molecule has 0 radical (unpaired) electrons. The fourth-order valence-electron chi connectivity index (χ4n) is 3.95. The van der Waals surface area contributed by atoms with Gasteiger partial charge in [-0.1, -0.05) is 29.3 Å². The number of rotatable bonds is 3. The molecule has 166 valence electrons. The molecule has 2 aliphatic rings. The largest absolute Gasteiger partial charge is 0.486 e. The van der Waals surface area contributed by atoms with Gasteiger partial charge < -0.3 is 20.1 Å². The number of carbonyl (C=O) groups is 1. The van der Waals surface area contributed by atoms with E-state index in [9.17, 15) is 14.9 Å². The predicted octanol–water partition coefficient (Wildman–Crippen LogP) is 3.82. The maximum Gasteiger partial charge on any atom is 0.258 e. The Labute approximate surface area is 197 Å². The summed E-state index contributed by atoms with van der Waals surface area (Å²) in [5.41, 5.74) is 0.732. The molecule has 9 nitrogen and oxygen atoms in total. The van der Waals surface area contributed by atoms with Crippen molar-refractivity contribution < 1.29 is 14.3 Å². The summed E-state index contributed by atoms with van der Waals surface area (Å²) >= 11 is 12.1. The number of carbonyl (C=O) groups excluding carboxylic acids is 1. The zero-order valence-corrected chi connectivity index (χ0v) is 18.3. The molecule has 3 N–H and O–H groups in total. The maximum absolute atomic E-state index is 13.1. The highest BCUT2D eigenvalue weighted by atomic mass is 35.5. The van der Waals surface area contributed by atoms with Crippen LogP contribution in [-0.4, -0.2) is 29.1 Å². The van der Waals surface area contributed by atoms with E-state index in [0.717, 1.165) is 0 Å². The van der Waals surface area contributed by atoms with Crippen molar-refractivity contribution in [1.82, 2.24) is 9.97 Å². The SMILES string of the molecule is N#CC1C(=O)Nc2nc(Nc3cc(Cl)cc(Cl)c3)[nH]c(=O)c2C1c1ccc2c(c1)OCCO2. The second-order valence-corrected chi connectivity index (χ2v) is 8.31. The van der Waals surface area contributed by atoms with Crippen LogP contribution in [0.2, 0.25) is 10.0 Å². The average Bonchev–Trinajstić information content (AvgIpc) is 2.77. The van der Waals surface area contributed by atoms with Gasteiger partial charge in [0.05, 0.1) is 11.6 Å². The van der Waals surface area contributed by atoms with Crippen LogP contribution in [-0.2, 0) is 4.79 Å². The topological polar surface area (TPSA) is 129 Å². The van der Waals surface area contributed by atoms with Crippen molar-refractivity contribution in [3.8, 4) is 17.6 Å².